The fourth-order valence-electron chi connectivity index (χ4n) is 1.89. The average Bonchev–Trinajstić information content (AvgIpc) is 2.42. The van der Waals surface area contributed by atoms with Crippen molar-refractivity contribution in [2.24, 2.45) is 5.92 Å². The molecule has 0 aliphatic carbocycles. The summed E-state index contributed by atoms with van der Waals surface area (Å²) in [7, 11) is 0. The fourth-order valence-corrected chi connectivity index (χ4v) is 1.89. The van der Waals surface area contributed by atoms with E-state index in [1.165, 1.54) is 12.1 Å². The number of pyridine rings is 1. The first-order chi connectivity index (χ1) is 8.71. The molecule has 1 unspecified atom stereocenters. The van der Waals surface area contributed by atoms with Gasteiger partial charge in [0.2, 0.25) is 0 Å². The van der Waals surface area contributed by atoms with Crippen LogP contribution in [0.5, 0.6) is 0 Å². The van der Waals surface area contributed by atoms with Gasteiger partial charge < -0.3 is 10.2 Å². The highest BCUT2D eigenvalue weighted by atomic mass is 15.1. The predicted molar refractivity (Wildman–Crippen MR) is 80.4 cm³/mol. The van der Waals surface area contributed by atoms with Crippen molar-refractivity contribution in [2.75, 3.05) is 29.9 Å². The van der Waals surface area contributed by atoms with Crippen LogP contribution < -0.4 is 10.2 Å². The minimum absolute atomic E-state index is 0.727. The highest BCUT2D eigenvalue weighted by molar-refractivity contribution is 5.53. The van der Waals surface area contributed by atoms with Crippen molar-refractivity contribution >= 4 is 11.5 Å². The molecule has 0 aliphatic rings. The number of anilines is 2. The van der Waals surface area contributed by atoms with Gasteiger partial charge >= 0.3 is 0 Å². The van der Waals surface area contributed by atoms with Gasteiger partial charge in [0, 0.05) is 37.6 Å². The van der Waals surface area contributed by atoms with Gasteiger partial charge in [0.25, 0.3) is 0 Å². The quantitative estimate of drug-likeness (QED) is 0.760. The maximum Gasteiger partial charge on any atom is 0.127 e. The lowest BCUT2D eigenvalue weighted by Gasteiger charge is -2.26. The molecule has 1 aromatic rings. The van der Waals surface area contributed by atoms with Gasteiger partial charge in [-0.3, -0.25) is 0 Å². The SMILES string of the molecule is CCCNc1cc(N(CC)CC(C)CC)ccn1. The van der Waals surface area contributed by atoms with Crippen LogP contribution in [0, 0.1) is 5.92 Å². The topological polar surface area (TPSA) is 28.2 Å². The van der Waals surface area contributed by atoms with Crippen molar-refractivity contribution in [3.8, 4) is 0 Å². The molecule has 0 saturated heterocycles. The molecule has 3 heteroatoms. The van der Waals surface area contributed by atoms with Crippen LogP contribution in [-0.2, 0) is 0 Å². The van der Waals surface area contributed by atoms with Crippen molar-refractivity contribution in [1.29, 1.82) is 0 Å². The second kappa shape index (κ2) is 7.96. The first-order valence-corrected chi connectivity index (χ1v) is 7.16. The van der Waals surface area contributed by atoms with Gasteiger partial charge in [0.1, 0.15) is 5.82 Å². The summed E-state index contributed by atoms with van der Waals surface area (Å²) in [6.07, 6.45) is 4.24. The Morgan fingerprint density at radius 2 is 2.11 bits per heavy atom. The summed E-state index contributed by atoms with van der Waals surface area (Å²) < 4.78 is 0. The second-order valence-corrected chi connectivity index (χ2v) is 4.88. The molecule has 0 radical (unpaired) electrons. The summed E-state index contributed by atoms with van der Waals surface area (Å²) in [4.78, 5) is 6.78. The number of rotatable bonds is 8. The first kappa shape index (κ1) is 14.8. The Morgan fingerprint density at radius 1 is 1.33 bits per heavy atom. The van der Waals surface area contributed by atoms with E-state index in [0.29, 0.717) is 0 Å². The smallest absolute Gasteiger partial charge is 0.127 e. The Labute approximate surface area is 112 Å². The predicted octanol–water partition coefficient (Wildman–Crippen LogP) is 3.78. The van der Waals surface area contributed by atoms with E-state index in [1.54, 1.807) is 0 Å². The van der Waals surface area contributed by atoms with Crippen molar-refractivity contribution in [3.63, 3.8) is 0 Å². The highest BCUT2D eigenvalue weighted by Gasteiger charge is 2.09. The van der Waals surface area contributed by atoms with Gasteiger partial charge in [-0.15, -0.1) is 0 Å². The van der Waals surface area contributed by atoms with Gasteiger partial charge in [-0.2, -0.15) is 0 Å². The molecule has 0 saturated carbocycles. The zero-order valence-electron chi connectivity index (χ0n) is 12.2. The van der Waals surface area contributed by atoms with Crippen molar-refractivity contribution < 1.29 is 0 Å². The Balaban J connectivity index is 2.72. The number of nitrogens with one attached hydrogen (secondary N) is 1. The average molecular weight is 249 g/mol. The van der Waals surface area contributed by atoms with E-state index < -0.39 is 0 Å². The summed E-state index contributed by atoms with van der Waals surface area (Å²) in [5.41, 5.74) is 1.27. The normalized spacial score (nSPS) is 12.2. The summed E-state index contributed by atoms with van der Waals surface area (Å²) >= 11 is 0. The molecule has 1 N–H and O–H groups in total. The number of aromatic nitrogens is 1. The Bertz CT molecular complexity index is 338. The van der Waals surface area contributed by atoms with Crippen molar-refractivity contribution in [3.05, 3.63) is 18.3 Å². The molecule has 18 heavy (non-hydrogen) atoms. The lowest BCUT2D eigenvalue weighted by molar-refractivity contribution is 0.548. The first-order valence-electron chi connectivity index (χ1n) is 7.16. The summed E-state index contributed by atoms with van der Waals surface area (Å²) in [5.74, 6) is 1.71. The minimum Gasteiger partial charge on any atom is -0.371 e. The van der Waals surface area contributed by atoms with Crippen LogP contribution in [0.15, 0.2) is 18.3 Å². The molecule has 3 nitrogen and oxygen atoms in total. The zero-order valence-corrected chi connectivity index (χ0v) is 12.2. The molecule has 0 fully saturated rings. The van der Waals surface area contributed by atoms with Gasteiger partial charge in [-0.05, 0) is 25.3 Å². The summed E-state index contributed by atoms with van der Waals surface area (Å²) in [6.45, 7) is 12.1. The van der Waals surface area contributed by atoms with Gasteiger partial charge in [-0.25, -0.2) is 4.98 Å². The lowest BCUT2D eigenvalue weighted by atomic mass is 10.1. The molecule has 0 amide bonds. The number of hydrogen-bond acceptors (Lipinski definition) is 3. The Morgan fingerprint density at radius 3 is 2.72 bits per heavy atom. The van der Waals surface area contributed by atoms with Crippen molar-refractivity contribution in [2.45, 2.75) is 40.5 Å². The van der Waals surface area contributed by atoms with E-state index in [9.17, 15) is 0 Å². The minimum atomic E-state index is 0.727. The third-order valence-corrected chi connectivity index (χ3v) is 3.28. The Hall–Kier alpha value is -1.25. The number of nitrogens with zero attached hydrogens (tertiary/aromatic N) is 2. The maximum absolute atomic E-state index is 4.36. The Kier molecular flexibility index (Phi) is 6.55. The molecule has 1 heterocycles. The molecule has 102 valence electrons. The van der Waals surface area contributed by atoms with E-state index >= 15 is 0 Å². The molecular formula is C15H27N3. The largest absolute Gasteiger partial charge is 0.371 e. The van der Waals surface area contributed by atoms with E-state index in [4.69, 9.17) is 0 Å². The van der Waals surface area contributed by atoms with Gasteiger partial charge in [-0.1, -0.05) is 27.2 Å². The summed E-state index contributed by atoms with van der Waals surface area (Å²) in [5, 5.41) is 3.34. The number of hydrogen-bond donors (Lipinski definition) is 1. The van der Waals surface area contributed by atoms with Crippen LogP contribution in [0.3, 0.4) is 0 Å². The van der Waals surface area contributed by atoms with Crippen LogP contribution in [0.4, 0.5) is 11.5 Å². The molecule has 0 bridgehead atoms. The zero-order chi connectivity index (χ0) is 13.4. The van der Waals surface area contributed by atoms with E-state index in [1.807, 2.05) is 6.20 Å². The van der Waals surface area contributed by atoms with Crippen LogP contribution >= 0.6 is 0 Å². The van der Waals surface area contributed by atoms with E-state index in [0.717, 1.165) is 37.8 Å². The van der Waals surface area contributed by atoms with Gasteiger partial charge in [0.15, 0.2) is 0 Å². The van der Waals surface area contributed by atoms with Crippen LogP contribution in [-0.4, -0.2) is 24.6 Å². The van der Waals surface area contributed by atoms with Crippen molar-refractivity contribution in [1.82, 2.24) is 4.98 Å². The fraction of sp³-hybridized carbons (Fsp3) is 0.667. The third-order valence-electron chi connectivity index (χ3n) is 3.28. The molecule has 0 aromatic carbocycles. The molecule has 1 aromatic heterocycles. The molecule has 0 spiro atoms. The highest BCUT2D eigenvalue weighted by Crippen LogP contribution is 2.19. The van der Waals surface area contributed by atoms with Crippen LogP contribution in [0.2, 0.25) is 0 Å². The monoisotopic (exact) mass is 249 g/mol. The maximum atomic E-state index is 4.36. The third kappa shape index (κ3) is 4.55. The molecule has 1 atom stereocenters. The standard InChI is InChI=1S/C15H27N3/c1-5-9-16-15-11-14(8-10-17-15)18(7-3)12-13(4)6-2/h8,10-11,13H,5-7,9,12H2,1-4H3,(H,16,17). The molecule has 0 aliphatic heterocycles. The summed E-state index contributed by atoms with van der Waals surface area (Å²) in [6, 6.07) is 4.25. The van der Waals surface area contributed by atoms with E-state index in [-0.39, 0.29) is 0 Å². The lowest BCUT2D eigenvalue weighted by Crippen LogP contribution is -2.28. The van der Waals surface area contributed by atoms with Gasteiger partial charge in [0.05, 0.1) is 0 Å². The van der Waals surface area contributed by atoms with Crippen LogP contribution in [0.25, 0.3) is 0 Å². The molecule has 1 rings (SSSR count). The van der Waals surface area contributed by atoms with E-state index in [2.05, 4.69) is 55.0 Å². The van der Waals surface area contributed by atoms with Crippen LogP contribution in [0.1, 0.15) is 40.5 Å². The second-order valence-electron chi connectivity index (χ2n) is 4.88. The molecular weight excluding hydrogens is 222 g/mol.